The second-order valence-electron chi connectivity index (χ2n) is 7.50. The molecule has 0 fully saturated rings. The summed E-state index contributed by atoms with van der Waals surface area (Å²) in [7, 11) is 1.58. The predicted molar refractivity (Wildman–Crippen MR) is 126 cm³/mol. The topological polar surface area (TPSA) is 164 Å². The summed E-state index contributed by atoms with van der Waals surface area (Å²) in [6, 6.07) is 12.9. The number of amides is 2. The zero-order valence-electron chi connectivity index (χ0n) is 19.0. The van der Waals surface area contributed by atoms with Gasteiger partial charge in [0.05, 0.1) is 20.1 Å². The van der Waals surface area contributed by atoms with Gasteiger partial charge in [0.15, 0.2) is 0 Å². The zero-order valence-corrected chi connectivity index (χ0v) is 19.0. The lowest BCUT2D eigenvalue weighted by molar-refractivity contribution is -0.140. The van der Waals surface area contributed by atoms with Crippen molar-refractivity contribution in [3.63, 3.8) is 0 Å². The van der Waals surface area contributed by atoms with Gasteiger partial charge in [0.25, 0.3) is 0 Å². The van der Waals surface area contributed by atoms with Crippen LogP contribution in [0.4, 0.5) is 0 Å². The van der Waals surface area contributed by atoms with E-state index in [4.69, 9.17) is 25.7 Å². The van der Waals surface area contributed by atoms with E-state index < -0.39 is 30.2 Å². The number of amidine groups is 1. The van der Waals surface area contributed by atoms with E-state index in [1.54, 1.807) is 31.4 Å². The van der Waals surface area contributed by atoms with Gasteiger partial charge in [-0.2, -0.15) is 0 Å². The lowest BCUT2D eigenvalue weighted by atomic mass is 10.1. The van der Waals surface area contributed by atoms with E-state index in [0.29, 0.717) is 30.7 Å². The van der Waals surface area contributed by atoms with Crippen molar-refractivity contribution >= 4 is 23.6 Å². The molecule has 0 aliphatic heterocycles. The van der Waals surface area contributed by atoms with E-state index >= 15 is 0 Å². The zero-order chi connectivity index (χ0) is 24.9. The molecular formula is C24H30N4O6. The van der Waals surface area contributed by atoms with Crippen molar-refractivity contribution in [2.24, 2.45) is 5.73 Å². The predicted octanol–water partition coefficient (Wildman–Crippen LogP) is 1.46. The smallest absolute Gasteiger partial charge is 0.305 e. The van der Waals surface area contributed by atoms with Crippen molar-refractivity contribution in [1.82, 2.24) is 10.6 Å². The fourth-order valence-corrected chi connectivity index (χ4v) is 3.05. The van der Waals surface area contributed by atoms with Gasteiger partial charge in [-0.25, -0.2) is 0 Å². The molecule has 6 N–H and O–H groups in total. The molecule has 0 unspecified atom stereocenters. The molecule has 0 saturated carbocycles. The summed E-state index contributed by atoms with van der Waals surface area (Å²) in [6.07, 6.45) is 0.479. The number of methoxy groups -OCH3 is 1. The Morgan fingerprint density at radius 1 is 1.06 bits per heavy atom. The average Bonchev–Trinajstić information content (AvgIpc) is 2.81. The molecule has 1 atom stereocenters. The standard InChI is InChI=1S/C24H30N4O6/c1-33-18-8-4-16(5-9-18)12-13-27-24(32)20(15-22(30)31)28-21(29)3-2-14-34-19-10-6-17(7-11-19)23(25)26/h4-11,20H,2-3,12-15H2,1H3,(H3,25,26)(H,27,32)(H,28,29)(H,30,31)/t20-/m0/s1. The lowest BCUT2D eigenvalue weighted by Crippen LogP contribution is -2.48. The summed E-state index contributed by atoms with van der Waals surface area (Å²) < 4.78 is 10.6. The minimum atomic E-state index is -1.19. The SMILES string of the molecule is COc1ccc(CCNC(=O)[C@H](CC(=O)O)NC(=O)CCCOc2ccc(C(=N)N)cc2)cc1. The number of benzene rings is 2. The van der Waals surface area contributed by atoms with Gasteiger partial charge in [-0.15, -0.1) is 0 Å². The van der Waals surface area contributed by atoms with Gasteiger partial charge >= 0.3 is 5.97 Å². The van der Waals surface area contributed by atoms with Crippen LogP contribution in [0.5, 0.6) is 11.5 Å². The third-order valence-corrected chi connectivity index (χ3v) is 4.88. The Kier molecular flexibility index (Phi) is 10.4. The van der Waals surface area contributed by atoms with Crippen LogP contribution in [0.15, 0.2) is 48.5 Å². The molecule has 0 heterocycles. The molecule has 0 saturated heterocycles. The molecule has 0 aliphatic rings. The van der Waals surface area contributed by atoms with E-state index in [9.17, 15) is 14.4 Å². The van der Waals surface area contributed by atoms with Crippen LogP contribution in [-0.2, 0) is 20.8 Å². The van der Waals surface area contributed by atoms with Crippen LogP contribution in [0.25, 0.3) is 0 Å². The van der Waals surface area contributed by atoms with Crippen LogP contribution in [0.1, 0.15) is 30.4 Å². The molecule has 0 aliphatic carbocycles. The first-order chi connectivity index (χ1) is 16.3. The van der Waals surface area contributed by atoms with E-state index in [-0.39, 0.29) is 18.9 Å². The number of nitrogens with one attached hydrogen (secondary N) is 3. The molecule has 2 amide bonds. The van der Waals surface area contributed by atoms with Crippen molar-refractivity contribution in [2.45, 2.75) is 31.7 Å². The Balaban J connectivity index is 1.75. The molecule has 0 bridgehead atoms. The number of hydrogen-bond acceptors (Lipinski definition) is 6. The molecule has 2 aromatic carbocycles. The van der Waals surface area contributed by atoms with Gasteiger partial charge in [-0.05, 0) is 54.8 Å². The first kappa shape index (κ1) is 26.2. The minimum Gasteiger partial charge on any atom is -0.497 e. The molecule has 34 heavy (non-hydrogen) atoms. The van der Waals surface area contributed by atoms with Gasteiger partial charge in [0, 0.05) is 18.5 Å². The van der Waals surface area contributed by atoms with E-state index in [1.807, 2.05) is 24.3 Å². The van der Waals surface area contributed by atoms with Gasteiger partial charge < -0.3 is 30.9 Å². The Bertz CT molecular complexity index is 976. The van der Waals surface area contributed by atoms with Crippen LogP contribution >= 0.6 is 0 Å². The number of nitrogen functional groups attached to an aromatic ring is 1. The normalized spacial score (nSPS) is 11.2. The number of ether oxygens (including phenoxy) is 2. The number of carboxylic acids is 1. The summed E-state index contributed by atoms with van der Waals surface area (Å²) in [5.74, 6) is -0.909. The summed E-state index contributed by atoms with van der Waals surface area (Å²) in [5, 5.41) is 21.6. The van der Waals surface area contributed by atoms with Gasteiger partial charge in [-0.3, -0.25) is 19.8 Å². The van der Waals surface area contributed by atoms with Gasteiger partial charge in [0.1, 0.15) is 23.4 Å². The van der Waals surface area contributed by atoms with Crippen LogP contribution in [0.2, 0.25) is 0 Å². The minimum absolute atomic E-state index is 0.0381. The molecule has 10 heteroatoms. The van der Waals surface area contributed by atoms with E-state index in [2.05, 4.69) is 10.6 Å². The second-order valence-corrected chi connectivity index (χ2v) is 7.50. The average molecular weight is 471 g/mol. The monoisotopic (exact) mass is 470 g/mol. The molecule has 182 valence electrons. The third-order valence-electron chi connectivity index (χ3n) is 4.88. The van der Waals surface area contributed by atoms with Crippen LogP contribution < -0.4 is 25.8 Å². The maximum Gasteiger partial charge on any atom is 0.305 e. The number of hydrogen-bond donors (Lipinski definition) is 5. The molecule has 0 radical (unpaired) electrons. The molecular weight excluding hydrogens is 440 g/mol. The number of carboxylic acid groups (broad SMARTS) is 1. The number of carbonyl (C=O) groups is 3. The van der Waals surface area contributed by atoms with Crippen LogP contribution in [0, 0.1) is 5.41 Å². The van der Waals surface area contributed by atoms with Crippen LogP contribution in [0.3, 0.4) is 0 Å². The molecule has 10 nitrogen and oxygen atoms in total. The van der Waals surface area contributed by atoms with Crippen molar-refractivity contribution < 1.29 is 29.0 Å². The van der Waals surface area contributed by atoms with E-state index in [0.717, 1.165) is 11.3 Å². The highest BCUT2D eigenvalue weighted by molar-refractivity contribution is 5.95. The fraction of sp³-hybridized carbons (Fsp3) is 0.333. The Morgan fingerprint density at radius 2 is 1.71 bits per heavy atom. The first-order valence-corrected chi connectivity index (χ1v) is 10.8. The molecule has 0 aromatic heterocycles. The van der Waals surface area contributed by atoms with Gasteiger partial charge in [-0.1, -0.05) is 12.1 Å². The van der Waals surface area contributed by atoms with Crippen molar-refractivity contribution in [3.05, 3.63) is 59.7 Å². The summed E-state index contributed by atoms with van der Waals surface area (Å²) >= 11 is 0. The quantitative estimate of drug-likeness (QED) is 0.158. The second kappa shape index (κ2) is 13.5. The highest BCUT2D eigenvalue weighted by Gasteiger charge is 2.23. The summed E-state index contributed by atoms with van der Waals surface area (Å²) in [4.78, 5) is 35.8. The van der Waals surface area contributed by atoms with E-state index in [1.165, 1.54) is 0 Å². The third kappa shape index (κ3) is 9.19. The Hall–Kier alpha value is -4.08. The number of aliphatic carboxylic acids is 1. The summed E-state index contributed by atoms with van der Waals surface area (Å²) in [6.45, 7) is 0.553. The highest BCUT2D eigenvalue weighted by atomic mass is 16.5. The maximum absolute atomic E-state index is 12.4. The van der Waals surface area contributed by atoms with Crippen molar-refractivity contribution in [1.29, 1.82) is 5.41 Å². The molecule has 0 spiro atoms. The molecule has 2 aromatic rings. The summed E-state index contributed by atoms with van der Waals surface area (Å²) in [5.41, 5.74) is 6.97. The lowest BCUT2D eigenvalue weighted by Gasteiger charge is -2.17. The highest BCUT2D eigenvalue weighted by Crippen LogP contribution is 2.13. The maximum atomic E-state index is 12.4. The Morgan fingerprint density at radius 3 is 2.29 bits per heavy atom. The van der Waals surface area contributed by atoms with Gasteiger partial charge in [0.2, 0.25) is 11.8 Å². The number of rotatable bonds is 14. The fourth-order valence-electron chi connectivity index (χ4n) is 3.05. The number of carbonyl (C=O) groups excluding carboxylic acids is 2. The molecule has 2 rings (SSSR count). The Labute approximate surface area is 197 Å². The van der Waals surface area contributed by atoms with Crippen molar-refractivity contribution in [2.75, 3.05) is 20.3 Å². The van der Waals surface area contributed by atoms with Crippen LogP contribution in [-0.4, -0.2) is 55.0 Å². The largest absolute Gasteiger partial charge is 0.497 e. The van der Waals surface area contributed by atoms with Crippen molar-refractivity contribution in [3.8, 4) is 11.5 Å². The first-order valence-electron chi connectivity index (χ1n) is 10.8. The number of nitrogens with two attached hydrogens (primary N) is 1.